The number of allylic oxidation sites excluding steroid dienone is 4. The largest absolute Gasteiger partial charge is 0.0853 e. The maximum atomic E-state index is 3.75. The predicted molar refractivity (Wildman–Crippen MR) is 79.2 cm³/mol. The van der Waals surface area contributed by atoms with Crippen molar-refractivity contribution in [1.82, 2.24) is 0 Å². The highest BCUT2D eigenvalue weighted by atomic mass is 14.4. The molecule has 0 aromatic rings. The third-order valence-electron chi connectivity index (χ3n) is 5.16. The fourth-order valence-corrected chi connectivity index (χ4v) is 4.27. The fourth-order valence-electron chi connectivity index (χ4n) is 4.27. The van der Waals surface area contributed by atoms with E-state index in [-0.39, 0.29) is 5.41 Å². The Morgan fingerprint density at radius 3 is 2.33 bits per heavy atom. The maximum absolute atomic E-state index is 3.75. The van der Waals surface area contributed by atoms with Crippen LogP contribution in [0.15, 0.2) is 17.2 Å². The van der Waals surface area contributed by atoms with Crippen LogP contribution >= 0.6 is 0 Å². The Kier molecular flexibility index (Phi) is 3.51. The lowest BCUT2D eigenvalue weighted by Gasteiger charge is -2.46. The van der Waals surface area contributed by atoms with Crippen molar-refractivity contribution in [3.05, 3.63) is 23.3 Å². The molecule has 2 aliphatic rings. The van der Waals surface area contributed by atoms with Crippen LogP contribution < -0.4 is 0 Å². The summed E-state index contributed by atoms with van der Waals surface area (Å²) >= 11 is 0. The zero-order valence-corrected chi connectivity index (χ0v) is 13.1. The first kappa shape index (κ1) is 13.9. The van der Waals surface area contributed by atoms with Gasteiger partial charge in [-0.15, -0.1) is 0 Å². The highest BCUT2D eigenvalue weighted by Crippen LogP contribution is 2.51. The van der Waals surface area contributed by atoms with E-state index in [0.717, 1.165) is 11.8 Å². The van der Waals surface area contributed by atoms with E-state index in [2.05, 4.69) is 53.7 Å². The van der Waals surface area contributed by atoms with Crippen LogP contribution in [0.5, 0.6) is 0 Å². The van der Waals surface area contributed by atoms with Crippen molar-refractivity contribution >= 4 is 0 Å². The Balaban J connectivity index is 2.31. The standard InChI is InChI=1S/C18H29/c1-13-8-7-10-18(5,6)16(13)15-9-11-17(3,4)12-14(15)2/h8,15-16H,7,9-11H2,1-6H3. The zero-order valence-electron chi connectivity index (χ0n) is 13.1. The zero-order chi connectivity index (χ0) is 13.6. The molecular weight excluding hydrogens is 216 g/mol. The molecule has 0 aromatic carbocycles. The smallest absolute Gasteiger partial charge is 0.00888 e. The van der Waals surface area contributed by atoms with Gasteiger partial charge in [-0.1, -0.05) is 44.9 Å². The minimum Gasteiger partial charge on any atom is -0.0853 e. The van der Waals surface area contributed by atoms with E-state index in [1.807, 2.05) is 0 Å². The molecule has 0 fully saturated rings. The molecule has 0 saturated carbocycles. The molecule has 0 heteroatoms. The Morgan fingerprint density at radius 1 is 1.11 bits per heavy atom. The molecule has 0 heterocycles. The van der Waals surface area contributed by atoms with Gasteiger partial charge in [-0.3, -0.25) is 0 Å². The first-order chi connectivity index (χ1) is 8.23. The molecule has 0 spiro atoms. The first-order valence-corrected chi connectivity index (χ1v) is 7.51. The van der Waals surface area contributed by atoms with Gasteiger partial charge in [-0.05, 0) is 68.3 Å². The lowest BCUT2D eigenvalue weighted by Crippen LogP contribution is -2.36. The van der Waals surface area contributed by atoms with Gasteiger partial charge in [0.05, 0.1) is 0 Å². The summed E-state index contributed by atoms with van der Waals surface area (Å²) in [5.74, 6) is 1.46. The van der Waals surface area contributed by atoms with Crippen molar-refractivity contribution in [2.75, 3.05) is 0 Å². The van der Waals surface area contributed by atoms with Crippen LogP contribution in [0.2, 0.25) is 0 Å². The SMILES string of the molecule is CC1=[C]C(C)(C)CCC1C1C(C)=CCCC1(C)C. The monoisotopic (exact) mass is 245 g/mol. The van der Waals surface area contributed by atoms with E-state index >= 15 is 0 Å². The van der Waals surface area contributed by atoms with E-state index in [1.54, 1.807) is 5.57 Å². The molecule has 0 amide bonds. The Morgan fingerprint density at radius 2 is 1.78 bits per heavy atom. The maximum Gasteiger partial charge on any atom is -0.00888 e. The molecule has 0 bridgehead atoms. The highest BCUT2D eigenvalue weighted by molar-refractivity contribution is 5.21. The fraction of sp³-hybridized carbons (Fsp3) is 0.778. The summed E-state index contributed by atoms with van der Waals surface area (Å²) in [7, 11) is 0. The molecule has 18 heavy (non-hydrogen) atoms. The summed E-state index contributed by atoms with van der Waals surface area (Å²) in [5, 5.41) is 0. The van der Waals surface area contributed by atoms with Crippen LogP contribution in [0.25, 0.3) is 0 Å². The van der Waals surface area contributed by atoms with Gasteiger partial charge in [0.1, 0.15) is 0 Å². The molecular formula is C18H29. The highest BCUT2D eigenvalue weighted by Gasteiger charge is 2.40. The summed E-state index contributed by atoms with van der Waals surface area (Å²) in [4.78, 5) is 0. The van der Waals surface area contributed by atoms with Gasteiger partial charge in [0.25, 0.3) is 0 Å². The Labute approximate surface area is 114 Å². The van der Waals surface area contributed by atoms with Crippen LogP contribution in [0.4, 0.5) is 0 Å². The Bertz CT molecular complexity index is 379. The van der Waals surface area contributed by atoms with Crippen molar-refractivity contribution in [1.29, 1.82) is 0 Å². The summed E-state index contributed by atoms with van der Waals surface area (Å²) in [5.41, 5.74) is 3.88. The lowest BCUT2D eigenvalue weighted by atomic mass is 9.59. The molecule has 2 rings (SSSR count). The van der Waals surface area contributed by atoms with Gasteiger partial charge in [0.15, 0.2) is 0 Å². The molecule has 2 unspecified atom stereocenters. The minimum absolute atomic E-state index is 0.289. The molecule has 0 N–H and O–H groups in total. The minimum atomic E-state index is 0.289. The van der Waals surface area contributed by atoms with Gasteiger partial charge < -0.3 is 0 Å². The molecule has 2 atom stereocenters. The third-order valence-corrected chi connectivity index (χ3v) is 5.16. The number of hydrogen-bond donors (Lipinski definition) is 0. The van der Waals surface area contributed by atoms with E-state index in [0.29, 0.717) is 5.41 Å². The predicted octanol–water partition coefficient (Wildman–Crippen LogP) is 5.55. The van der Waals surface area contributed by atoms with Crippen LogP contribution in [0.1, 0.15) is 67.2 Å². The molecule has 0 aromatic heterocycles. The second-order valence-electron chi connectivity index (χ2n) is 7.79. The average molecular weight is 245 g/mol. The van der Waals surface area contributed by atoms with Crippen LogP contribution in [-0.4, -0.2) is 0 Å². The molecule has 0 saturated heterocycles. The topological polar surface area (TPSA) is 0 Å². The van der Waals surface area contributed by atoms with Crippen LogP contribution in [0, 0.1) is 28.7 Å². The van der Waals surface area contributed by atoms with E-state index in [9.17, 15) is 0 Å². The van der Waals surface area contributed by atoms with Crippen LogP contribution in [0.3, 0.4) is 0 Å². The molecule has 2 aliphatic carbocycles. The van der Waals surface area contributed by atoms with Crippen molar-refractivity contribution in [3.8, 4) is 0 Å². The van der Waals surface area contributed by atoms with Gasteiger partial charge in [0.2, 0.25) is 0 Å². The second kappa shape index (κ2) is 4.54. The van der Waals surface area contributed by atoms with Gasteiger partial charge in [-0.2, -0.15) is 0 Å². The van der Waals surface area contributed by atoms with Gasteiger partial charge in [0, 0.05) is 0 Å². The number of hydrogen-bond acceptors (Lipinski definition) is 0. The van der Waals surface area contributed by atoms with Crippen LogP contribution in [-0.2, 0) is 0 Å². The molecule has 0 aliphatic heterocycles. The van der Waals surface area contributed by atoms with Crippen molar-refractivity contribution in [2.45, 2.75) is 67.2 Å². The van der Waals surface area contributed by atoms with Gasteiger partial charge >= 0.3 is 0 Å². The summed E-state index contributed by atoms with van der Waals surface area (Å²) in [6.07, 6.45) is 11.5. The molecule has 101 valence electrons. The van der Waals surface area contributed by atoms with E-state index < -0.39 is 0 Å². The molecule has 0 nitrogen and oxygen atoms in total. The van der Waals surface area contributed by atoms with E-state index in [1.165, 1.54) is 31.3 Å². The lowest BCUT2D eigenvalue weighted by molar-refractivity contribution is 0.143. The average Bonchev–Trinajstić information content (AvgIpc) is 2.19. The summed E-state index contributed by atoms with van der Waals surface area (Å²) < 4.78 is 0. The second-order valence-corrected chi connectivity index (χ2v) is 7.79. The van der Waals surface area contributed by atoms with Gasteiger partial charge in [-0.25, -0.2) is 0 Å². The quantitative estimate of drug-likeness (QED) is 0.531. The van der Waals surface area contributed by atoms with Crippen molar-refractivity contribution < 1.29 is 0 Å². The van der Waals surface area contributed by atoms with Crippen molar-refractivity contribution in [2.24, 2.45) is 22.7 Å². The number of rotatable bonds is 1. The Hall–Kier alpha value is -0.520. The van der Waals surface area contributed by atoms with Crippen molar-refractivity contribution in [3.63, 3.8) is 0 Å². The van der Waals surface area contributed by atoms with E-state index in [4.69, 9.17) is 0 Å². The molecule has 1 radical (unpaired) electrons. The summed E-state index contributed by atoms with van der Waals surface area (Å²) in [6.45, 7) is 14.2. The first-order valence-electron chi connectivity index (χ1n) is 7.51. The third kappa shape index (κ3) is 2.58. The normalized spacial score (nSPS) is 34.8. The summed E-state index contributed by atoms with van der Waals surface area (Å²) in [6, 6.07) is 0.